The van der Waals surface area contributed by atoms with Crippen LogP contribution in [0.25, 0.3) is 10.9 Å². The van der Waals surface area contributed by atoms with Crippen LogP contribution in [0.3, 0.4) is 0 Å². The number of para-hydroxylation sites is 1. The van der Waals surface area contributed by atoms with Gasteiger partial charge in [-0.15, -0.1) is 0 Å². The van der Waals surface area contributed by atoms with Crippen molar-refractivity contribution in [2.75, 3.05) is 5.32 Å². The van der Waals surface area contributed by atoms with Crippen LogP contribution in [0.5, 0.6) is 0 Å². The molecule has 4 N–H and O–H groups in total. The number of anilines is 1. The third-order valence-corrected chi connectivity index (χ3v) is 3.98. The molecule has 3 rings (SSSR count). The molecule has 4 nitrogen and oxygen atoms in total. The van der Waals surface area contributed by atoms with Crippen molar-refractivity contribution in [2.45, 2.75) is 12.6 Å². The molecular weight excluding hydrogens is 363 g/mol. The van der Waals surface area contributed by atoms with Crippen molar-refractivity contribution in [3.05, 3.63) is 75.6 Å². The number of nitrogens with two attached hydrogens (primary N) is 1. The molecule has 2 aromatic carbocycles. The first kappa shape index (κ1) is 17.9. The quantitative estimate of drug-likeness (QED) is 0.608. The Balaban J connectivity index is 2.07. The van der Waals surface area contributed by atoms with E-state index in [1.165, 1.54) is 12.1 Å². The summed E-state index contributed by atoms with van der Waals surface area (Å²) in [5.74, 6) is 0. The number of alkyl halides is 3. The van der Waals surface area contributed by atoms with Crippen LogP contribution in [0, 0.1) is 0 Å². The summed E-state index contributed by atoms with van der Waals surface area (Å²) in [5, 5.41) is 2.91. The molecule has 3 aromatic rings. The van der Waals surface area contributed by atoms with Gasteiger partial charge in [-0.3, -0.25) is 4.79 Å². The first-order valence-corrected chi connectivity index (χ1v) is 8.02. The second kappa shape index (κ2) is 6.80. The summed E-state index contributed by atoms with van der Waals surface area (Å²) in [6, 6.07) is 12.4. The van der Waals surface area contributed by atoms with E-state index in [1.54, 1.807) is 18.2 Å². The number of aromatic nitrogens is 1. The van der Waals surface area contributed by atoms with E-state index in [9.17, 15) is 18.0 Å². The van der Waals surface area contributed by atoms with Gasteiger partial charge in [-0.25, -0.2) is 0 Å². The van der Waals surface area contributed by atoms with Crippen LogP contribution in [-0.4, -0.2) is 10.1 Å². The third kappa shape index (κ3) is 3.85. The number of pyridine rings is 1. The summed E-state index contributed by atoms with van der Waals surface area (Å²) in [6.07, 6.45) is -4.24. The fourth-order valence-corrected chi connectivity index (χ4v) is 2.90. The molecule has 0 spiro atoms. The molecule has 1 aromatic heterocycles. The zero-order chi connectivity index (χ0) is 18.9. The number of benzene rings is 2. The fourth-order valence-electron chi connectivity index (χ4n) is 2.79. The minimum absolute atomic E-state index is 0.0469. The van der Waals surface area contributed by atoms with E-state index in [0.717, 1.165) is 5.56 Å². The second-order valence-electron chi connectivity index (χ2n) is 5.75. The summed E-state index contributed by atoms with van der Waals surface area (Å²) in [7, 11) is 0. The van der Waals surface area contributed by atoms with Crippen molar-refractivity contribution in [3.63, 3.8) is 0 Å². The van der Waals surface area contributed by atoms with Crippen molar-refractivity contribution in [1.29, 1.82) is 0 Å². The summed E-state index contributed by atoms with van der Waals surface area (Å²) < 4.78 is 39.8. The van der Waals surface area contributed by atoms with Crippen LogP contribution in [0.15, 0.2) is 53.3 Å². The number of hydrogen-bond acceptors (Lipinski definition) is 2. The van der Waals surface area contributed by atoms with E-state index in [0.29, 0.717) is 23.7 Å². The van der Waals surface area contributed by atoms with Gasteiger partial charge in [-0.1, -0.05) is 24.3 Å². The van der Waals surface area contributed by atoms with E-state index in [2.05, 4.69) is 10.3 Å². The van der Waals surface area contributed by atoms with Gasteiger partial charge in [-0.2, -0.15) is 13.2 Å². The Morgan fingerprint density at radius 1 is 1.15 bits per heavy atom. The number of halogens is 3. The lowest BCUT2D eigenvalue weighted by atomic mass is 9.99. The lowest BCUT2D eigenvalue weighted by Gasteiger charge is -2.13. The number of nitrogens with one attached hydrogen (secondary N) is 2. The van der Waals surface area contributed by atoms with Crippen molar-refractivity contribution < 1.29 is 13.2 Å². The molecule has 0 atom stereocenters. The predicted octanol–water partition coefficient (Wildman–Crippen LogP) is 3.79. The zero-order valence-corrected chi connectivity index (χ0v) is 14.2. The van der Waals surface area contributed by atoms with Crippen LogP contribution in [0.4, 0.5) is 18.9 Å². The van der Waals surface area contributed by atoms with Crippen LogP contribution in [0.1, 0.15) is 16.7 Å². The molecule has 0 aliphatic heterocycles. The monoisotopic (exact) mass is 377 g/mol. The van der Waals surface area contributed by atoms with E-state index in [1.807, 2.05) is 12.1 Å². The minimum Gasteiger partial charge on any atom is -0.376 e. The number of rotatable bonds is 3. The summed E-state index contributed by atoms with van der Waals surface area (Å²) in [6.45, 7) is 0. The molecule has 8 heteroatoms. The molecule has 0 aliphatic rings. The van der Waals surface area contributed by atoms with Gasteiger partial charge in [0.05, 0.1) is 5.56 Å². The van der Waals surface area contributed by atoms with Crippen LogP contribution < -0.4 is 16.6 Å². The van der Waals surface area contributed by atoms with Crippen LogP contribution >= 0.6 is 12.2 Å². The number of fused-ring (bicyclic) bond motifs is 1. The molecule has 0 bridgehead atoms. The maximum absolute atomic E-state index is 13.3. The highest BCUT2D eigenvalue weighted by Gasteiger charge is 2.33. The SMILES string of the molecule is NC(=S)Nc1ccccc1Cc1ccc2[nH]c(=O)cc(C(F)(F)F)c2c1. The maximum atomic E-state index is 13.3. The van der Waals surface area contributed by atoms with Gasteiger partial charge >= 0.3 is 6.18 Å². The van der Waals surface area contributed by atoms with E-state index < -0.39 is 17.3 Å². The van der Waals surface area contributed by atoms with Gasteiger partial charge in [0.25, 0.3) is 0 Å². The average Bonchev–Trinajstić information content (AvgIpc) is 2.55. The van der Waals surface area contributed by atoms with E-state index in [4.69, 9.17) is 18.0 Å². The maximum Gasteiger partial charge on any atom is 0.417 e. The topological polar surface area (TPSA) is 70.9 Å². The lowest BCUT2D eigenvalue weighted by molar-refractivity contribution is -0.136. The summed E-state index contributed by atoms with van der Waals surface area (Å²) in [5.41, 5.74) is 6.09. The Hall–Kier alpha value is -2.87. The predicted molar refractivity (Wildman–Crippen MR) is 99.2 cm³/mol. The highest BCUT2D eigenvalue weighted by Crippen LogP contribution is 2.34. The molecule has 26 heavy (non-hydrogen) atoms. The normalized spacial score (nSPS) is 11.5. The van der Waals surface area contributed by atoms with Gasteiger partial charge in [-0.05, 0) is 48.0 Å². The molecule has 0 aliphatic carbocycles. The van der Waals surface area contributed by atoms with Gasteiger partial charge in [0, 0.05) is 22.7 Å². The zero-order valence-electron chi connectivity index (χ0n) is 13.4. The number of H-pyrrole nitrogens is 1. The van der Waals surface area contributed by atoms with Gasteiger partial charge in [0.15, 0.2) is 5.11 Å². The van der Waals surface area contributed by atoms with Crippen LogP contribution in [0.2, 0.25) is 0 Å². The number of thiocarbonyl (C=S) groups is 1. The number of aromatic amines is 1. The summed E-state index contributed by atoms with van der Waals surface area (Å²) in [4.78, 5) is 13.9. The standard InChI is InChI=1S/C18H14F3N3OS/c19-18(20,21)13-9-16(25)23-15-6-5-10(8-12(13)15)7-11-3-1-2-4-14(11)24-17(22)26/h1-6,8-9H,7H2,(H,23,25)(H3,22,24,26). The van der Waals surface area contributed by atoms with Gasteiger partial charge in [0.2, 0.25) is 5.56 Å². The van der Waals surface area contributed by atoms with Crippen molar-refractivity contribution >= 4 is 33.9 Å². The molecule has 0 fully saturated rings. The fraction of sp³-hybridized carbons (Fsp3) is 0.111. The highest BCUT2D eigenvalue weighted by atomic mass is 32.1. The largest absolute Gasteiger partial charge is 0.417 e. The lowest BCUT2D eigenvalue weighted by Crippen LogP contribution is -2.19. The van der Waals surface area contributed by atoms with Gasteiger partial charge in [0.1, 0.15) is 0 Å². The van der Waals surface area contributed by atoms with Crippen molar-refractivity contribution in [3.8, 4) is 0 Å². The third-order valence-electron chi connectivity index (χ3n) is 3.88. The second-order valence-corrected chi connectivity index (χ2v) is 6.19. The molecule has 1 heterocycles. The first-order chi connectivity index (χ1) is 12.2. The Kier molecular flexibility index (Phi) is 4.69. The highest BCUT2D eigenvalue weighted by molar-refractivity contribution is 7.80. The smallest absolute Gasteiger partial charge is 0.376 e. The Bertz CT molecular complexity index is 1040. The molecule has 0 amide bonds. The molecule has 0 radical (unpaired) electrons. The van der Waals surface area contributed by atoms with Crippen molar-refractivity contribution in [1.82, 2.24) is 4.98 Å². The van der Waals surface area contributed by atoms with E-state index >= 15 is 0 Å². The minimum atomic E-state index is -4.61. The van der Waals surface area contributed by atoms with E-state index in [-0.39, 0.29) is 16.0 Å². The molecule has 134 valence electrons. The average molecular weight is 377 g/mol. The molecular formula is C18H14F3N3OS. The summed E-state index contributed by atoms with van der Waals surface area (Å²) >= 11 is 4.84. The first-order valence-electron chi connectivity index (χ1n) is 7.61. The Morgan fingerprint density at radius 3 is 2.58 bits per heavy atom. The molecule has 0 unspecified atom stereocenters. The van der Waals surface area contributed by atoms with Crippen LogP contribution in [-0.2, 0) is 12.6 Å². The van der Waals surface area contributed by atoms with Crippen molar-refractivity contribution in [2.24, 2.45) is 5.73 Å². The Labute approximate surface area is 151 Å². The van der Waals surface area contributed by atoms with Gasteiger partial charge < -0.3 is 16.0 Å². The molecule has 0 saturated heterocycles. The Morgan fingerprint density at radius 2 is 1.88 bits per heavy atom. The molecule has 0 saturated carbocycles. The number of hydrogen-bond donors (Lipinski definition) is 3.